The molecule has 0 saturated carbocycles. The molecule has 3 rings (SSSR count). The summed E-state index contributed by atoms with van der Waals surface area (Å²) in [4.78, 5) is 17.7. The predicted octanol–water partition coefficient (Wildman–Crippen LogP) is 1.08. The molecule has 2 fully saturated rings. The monoisotopic (exact) mass is 249 g/mol. The van der Waals surface area contributed by atoms with Gasteiger partial charge in [-0.3, -0.25) is 0 Å². The molecule has 0 amide bonds. The van der Waals surface area contributed by atoms with Crippen LogP contribution >= 0.6 is 0 Å². The Hall–Kier alpha value is -1.59. The molecule has 0 bridgehead atoms. The van der Waals surface area contributed by atoms with Crippen molar-refractivity contribution in [2.75, 3.05) is 43.1 Å². The van der Waals surface area contributed by atoms with Crippen LogP contribution in [0.2, 0.25) is 0 Å². The molecule has 0 unspecified atom stereocenters. The van der Waals surface area contributed by atoms with E-state index in [1.807, 2.05) is 0 Å². The molecule has 98 valence electrons. The summed E-state index contributed by atoms with van der Waals surface area (Å²) in [7, 11) is 1.61. The summed E-state index contributed by atoms with van der Waals surface area (Å²) >= 11 is 0. The van der Waals surface area contributed by atoms with Crippen molar-refractivity contribution in [2.45, 2.75) is 25.7 Å². The molecule has 0 aliphatic carbocycles. The highest BCUT2D eigenvalue weighted by Gasteiger charge is 2.21. The van der Waals surface area contributed by atoms with E-state index in [0.29, 0.717) is 6.01 Å². The highest BCUT2D eigenvalue weighted by Crippen LogP contribution is 2.23. The lowest BCUT2D eigenvalue weighted by molar-refractivity contribution is 0.378. The predicted molar refractivity (Wildman–Crippen MR) is 69.3 cm³/mol. The molecular formula is C12H19N5O. The summed E-state index contributed by atoms with van der Waals surface area (Å²) in [5, 5.41) is 0. The van der Waals surface area contributed by atoms with E-state index in [4.69, 9.17) is 4.74 Å². The van der Waals surface area contributed by atoms with Crippen LogP contribution in [-0.4, -0.2) is 48.2 Å². The van der Waals surface area contributed by atoms with Crippen molar-refractivity contribution in [2.24, 2.45) is 0 Å². The van der Waals surface area contributed by atoms with E-state index in [0.717, 1.165) is 38.1 Å². The minimum Gasteiger partial charge on any atom is -0.467 e. The van der Waals surface area contributed by atoms with E-state index >= 15 is 0 Å². The average Bonchev–Trinajstić information content (AvgIpc) is 3.10. The zero-order chi connectivity index (χ0) is 12.4. The second-order valence-corrected chi connectivity index (χ2v) is 4.81. The number of aromatic nitrogens is 3. The Labute approximate surface area is 107 Å². The fourth-order valence-electron chi connectivity index (χ4n) is 2.54. The van der Waals surface area contributed by atoms with E-state index in [-0.39, 0.29) is 0 Å². The van der Waals surface area contributed by atoms with E-state index in [1.165, 1.54) is 25.7 Å². The Kier molecular flexibility index (Phi) is 3.17. The van der Waals surface area contributed by atoms with Gasteiger partial charge in [0, 0.05) is 26.2 Å². The van der Waals surface area contributed by atoms with Gasteiger partial charge in [0.2, 0.25) is 11.9 Å². The first-order valence-corrected chi connectivity index (χ1v) is 6.67. The minimum absolute atomic E-state index is 0.425. The first kappa shape index (κ1) is 11.5. The quantitative estimate of drug-likeness (QED) is 0.799. The summed E-state index contributed by atoms with van der Waals surface area (Å²) in [5.74, 6) is 1.53. The molecule has 3 heterocycles. The summed E-state index contributed by atoms with van der Waals surface area (Å²) in [6.45, 7) is 4.14. The van der Waals surface area contributed by atoms with Crippen molar-refractivity contribution in [3.63, 3.8) is 0 Å². The molecule has 0 N–H and O–H groups in total. The van der Waals surface area contributed by atoms with Crippen molar-refractivity contribution >= 4 is 11.9 Å². The summed E-state index contributed by atoms with van der Waals surface area (Å²) < 4.78 is 5.20. The smallest absolute Gasteiger partial charge is 0.322 e. The lowest BCUT2D eigenvalue weighted by atomic mass is 10.4. The lowest BCUT2D eigenvalue weighted by Crippen LogP contribution is -2.25. The van der Waals surface area contributed by atoms with Gasteiger partial charge in [-0.25, -0.2) is 0 Å². The van der Waals surface area contributed by atoms with Crippen LogP contribution in [0.1, 0.15) is 25.7 Å². The standard InChI is InChI=1S/C12H19N5O/c1-18-12-14-10(16-6-2-3-7-16)13-11(15-12)17-8-4-5-9-17/h2-9H2,1H3. The molecule has 2 saturated heterocycles. The third-order valence-electron chi connectivity index (χ3n) is 3.55. The van der Waals surface area contributed by atoms with Crippen LogP contribution in [0.3, 0.4) is 0 Å². The van der Waals surface area contributed by atoms with Gasteiger partial charge in [0.25, 0.3) is 0 Å². The average molecular weight is 249 g/mol. The zero-order valence-corrected chi connectivity index (χ0v) is 10.8. The fraction of sp³-hybridized carbons (Fsp3) is 0.750. The number of rotatable bonds is 3. The largest absolute Gasteiger partial charge is 0.467 e. The van der Waals surface area contributed by atoms with Crippen molar-refractivity contribution in [1.82, 2.24) is 15.0 Å². The highest BCUT2D eigenvalue weighted by atomic mass is 16.5. The first-order valence-electron chi connectivity index (χ1n) is 6.67. The van der Waals surface area contributed by atoms with Crippen molar-refractivity contribution < 1.29 is 4.74 Å². The molecule has 2 aliphatic heterocycles. The lowest BCUT2D eigenvalue weighted by Gasteiger charge is -2.19. The Balaban J connectivity index is 1.90. The molecule has 0 aromatic carbocycles. The Bertz CT molecular complexity index is 379. The molecular weight excluding hydrogens is 230 g/mol. The number of hydrogen-bond donors (Lipinski definition) is 0. The third-order valence-corrected chi connectivity index (χ3v) is 3.55. The van der Waals surface area contributed by atoms with Gasteiger partial charge >= 0.3 is 6.01 Å². The van der Waals surface area contributed by atoms with Gasteiger partial charge in [-0.15, -0.1) is 0 Å². The van der Waals surface area contributed by atoms with Gasteiger partial charge in [0.05, 0.1) is 7.11 Å². The zero-order valence-electron chi connectivity index (χ0n) is 10.8. The van der Waals surface area contributed by atoms with Gasteiger partial charge in [-0.1, -0.05) is 0 Å². The Morgan fingerprint density at radius 1 is 0.778 bits per heavy atom. The molecule has 0 atom stereocenters. The molecule has 6 heteroatoms. The maximum Gasteiger partial charge on any atom is 0.322 e. The number of hydrogen-bond acceptors (Lipinski definition) is 6. The minimum atomic E-state index is 0.425. The maximum absolute atomic E-state index is 5.20. The molecule has 1 aromatic rings. The van der Waals surface area contributed by atoms with Gasteiger partial charge in [-0.05, 0) is 25.7 Å². The van der Waals surface area contributed by atoms with Crippen LogP contribution in [0, 0.1) is 0 Å². The van der Waals surface area contributed by atoms with E-state index in [2.05, 4.69) is 24.8 Å². The van der Waals surface area contributed by atoms with Crippen molar-refractivity contribution in [1.29, 1.82) is 0 Å². The second-order valence-electron chi connectivity index (χ2n) is 4.81. The topological polar surface area (TPSA) is 54.4 Å². The molecule has 2 aliphatic rings. The van der Waals surface area contributed by atoms with E-state index in [1.54, 1.807) is 7.11 Å². The molecule has 6 nitrogen and oxygen atoms in total. The number of ether oxygens (including phenoxy) is 1. The normalized spacial score (nSPS) is 19.6. The summed E-state index contributed by atoms with van der Waals surface area (Å²) in [5.41, 5.74) is 0. The van der Waals surface area contributed by atoms with Crippen LogP contribution in [0.25, 0.3) is 0 Å². The van der Waals surface area contributed by atoms with Gasteiger partial charge < -0.3 is 14.5 Å². The molecule has 1 aromatic heterocycles. The van der Waals surface area contributed by atoms with Crippen molar-refractivity contribution in [3.05, 3.63) is 0 Å². The Morgan fingerprint density at radius 3 is 1.61 bits per heavy atom. The molecule has 0 spiro atoms. The fourth-order valence-corrected chi connectivity index (χ4v) is 2.54. The van der Waals surface area contributed by atoms with Crippen LogP contribution in [0.4, 0.5) is 11.9 Å². The van der Waals surface area contributed by atoms with Crippen LogP contribution in [0.15, 0.2) is 0 Å². The van der Waals surface area contributed by atoms with Gasteiger partial charge in [0.15, 0.2) is 0 Å². The van der Waals surface area contributed by atoms with E-state index < -0.39 is 0 Å². The van der Waals surface area contributed by atoms with Gasteiger partial charge in [-0.2, -0.15) is 15.0 Å². The highest BCUT2D eigenvalue weighted by molar-refractivity contribution is 5.41. The van der Waals surface area contributed by atoms with Crippen LogP contribution in [-0.2, 0) is 0 Å². The SMILES string of the molecule is COc1nc(N2CCCC2)nc(N2CCCC2)n1. The maximum atomic E-state index is 5.20. The van der Waals surface area contributed by atoms with Crippen LogP contribution < -0.4 is 14.5 Å². The number of nitrogens with zero attached hydrogens (tertiary/aromatic N) is 5. The second kappa shape index (κ2) is 4.96. The van der Waals surface area contributed by atoms with Crippen molar-refractivity contribution in [3.8, 4) is 6.01 Å². The first-order chi connectivity index (χ1) is 8.86. The molecule has 0 radical (unpaired) electrons. The van der Waals surface area contributed by atoms with Crippen LogP contribution in [0.5, 0.6) is 6.01 Å². The Morgan fingerprint density at radius 2 is 1.22 bits per heavy atom. The van der Waals surface area contributed by atoms with E-state index in [9.17, 15) is 0 Å². The summed E-state index contributed by atoms with van der Waals surface area (Å²) in [6.07, 6.45) is 4.86. The molecule has 18 heavy (non-hydrogen) atoms. The number of anilines is 2. The summed E-state index contributed by atoms with van der Waals surface area (Å²) in [6, 6.07) is 0.425. The number of methoxy groups -OCH3 is 1. The van der Waals surface area contributed by atoms with Gasteiger partial charge in [0.1, 0.15) is 0 Å². The third kappa shape index (κ3) is 2.19.